The van der Waals surface area contributed by atoms with E-state index in [2.05, 4.69) is 37.9 Å². The first-order valence-corrected chi connectivity index (χ1v) is 13.1. The van der Waals surface area contributed by atoms with Crippen LogP contribution in [0.5, 0.6) is 5.75 Å². The highest BCUT2D eigenvalue weighted by Crippen LogP contribution is 2.24. The molecule has 2 aromatic carbocycles. The molecule has 2 aromatic heterocycles. The number of aromatic nitrogens is 3. The van der Waals surface area contributed by atoms with E-state index in [0.29, 0.717) is 17.6 Å². The Morgan fingerprint density at radius 1 is 0.914 bits per heavy atom. The van der Waals surface area contributed by atoms with Gasteiger partial charge in [0.2, 0.25) is 0 Å². The van der Waals surface area contributed by atoms with Gasteiger partial charge in [-0.25, -0.2) is 4.79 Å². The minimum Gasteiger partial charge on any atom is -0.494 e. The average molecular weight is 539 g/mol. The van der Waals surface area contributed by atoms with Crippen LogP contribution in [0.2, 0.25) is 0 Å². The number of fused-ring (bicyclic) bond motifs is 3. The van der Waals surface area contributed by atoms with Crippen molar-refractivity contribution < 1.29 is 4.74 Å². The lowest BCUT2D eigenvalue weighted by Crippen LogP contribution is -2.32. The van der Waals surface area contributed by atoms with Gasteiger partial charge in [0.25, 0.3) is 0 Å². The van der Waals surface area contributed by atoms with E-state index in [4.69, 9.17) is 4.74 Å². The van der Waals surface area contributed by atoms with E-state index in [1.54, 1.807) is 0 Å². The van der Waals surface area contributed by atoms with Gasteiger partial charge in [-0.2, -0.15) is 5.10 Å². The summed E-state index contributed by atoms with van der Waals surface area (Å²) in [6.45, 7) is 2.94. The third-order valence-corrected chi connectivity index (χ3v) is 6.55. The summed E-state index contributed by atoms with van der Waals surface area (Å²) in [5.41, 5.74) is 1.21. The van der Waals surface area contributed by atoms with E-state index in [-0.39, 0.29) is 0 Å². The van der Waals surface area contributed by atoms with E-state index in [1.807, 2.05) is 42.5 Å². The highest BCUT2D eigenvalue weighted by molar-refractivity contribution is 9.10. The second kappa shape index (κ2) is 12.0. The molecule has 0 fully saturated rings. The predicted octanol–water partition coefficient (Wildman–Crippen LogP) is 6.34. The molecule has 0 bridgehead atoms. The number of hydrogen-bond donors (Lipinski definition) is 2. The van der Waals surface area contributed by atoms with Crippen molar-refractivity contribution in [2.45, 2.75) is 58.3 Å². The first-order chi connectivity index (χ1) is 17.1. The minimum atomic E-state index is -0.593. The molecule has 35 heavy (non-hydrogen) atoms. The molecule has 0 unspecified atom stereocenters. The Balaban J connectivity index is 1.35. The van der Waals surface area contributed by atoms with Crippen LogP contribution in [0.3, 0.4) is 0 Å². The second-order valence-electron chi connectivity index (χ2n) is 8.75. The van der Waals surface area contributed by atoms with Gasteiger partial charge >= 0.3 is 11.2 Å². The average Bonchev–Trinajstić information content (AvgIpc) is 3.21. The molecule has 4 rings (SSSR count). The molecule has 0 atom stereocenters. The lowest BCUT2D eigenvalue weighted by Gasteiger charge is -2.06. The molecule has 0 aliphatic carbocycles. The summed E-state index contributed by atoms with van der Waals surface area (Å²) in [7, 11) is 0. The van der Waals surface area contributed by atoms with Crippen LogP contribution in [0.4, 0.5) is 0 Å². The molecular weight excluding hydrogens is 508 g/mol. The van der Waals surface area contributed by atoms with Crippen molar-refractivity contribution in [2.24, 2.45) is 5.10 Å². The number of halogens is 1. The number of nitrogens with one attached hydrogen (secondary N) is 2. The van der Waals surface area contributed by atoms with Crippen molar-refractivity contribution >= 4 is 44.1 Å². The maximum Gasteiger partial charge on any atom is 0.350 e. The highest BCUT2D eigenvalue weighted by Gasteiger charge is 2.12. The number of H-pyrrole nitrogens is 2. The van der Waals surface area contributed by atoms with Gasteiger partial charge in [-0.15, -0.1) is 4.68 Å². The summed E-state index contributed by atoms with van der Waals surface area (Å²) in [6, 6.07) is 13.0. The van der Waals surface area contributed by atoms with Gasteiger partial charge in [0.15, 0.2) is 0 Å². The predicted molar refractivity (Wildman–Crippen MR) is 146 cm³/mol. The molecule has 0 spiro atoms. The number of hydrogen-bond acceptors (Lipinski definition) is 4. The summed E-state index contributed by atoms with van der Waals surface area (Å²) in [6.07, 6.45) is 11.6. The lowest BCUT2D eigenvalue weighted by atomic mass is 10.1. The van der Waals surface area contributed by atoms with Crippen molar-refractivity contribution in [1.82, 2.24) is 14.6 Å². The first-order valence-electron chi connectivity index (χ1n) is 12.3. The molecule has 0 amide bonds. The maximum atomic E-state index is 12.9. The number of rotatable bonds is 12. The van der Waals surface area contributed by atoms with Crippen LogP contribution in [-0.4, -0.2) is 27.5 Å². The quantitative estimate of drug-likeness (QED) is 0.163. The van der Waals surface area contributed by atoms with Gasteiger partial charge in [0.05, 0.1) is 18.3 Å². The fraction of sp³-hybridized carbons (Fsp3) is 0.370. The molecule has 184 valence electrons. The van der Waals surface area contributed by atoms with E-state index in [1.165, 1.54) is 51.2 Å². The molecule has 0 radical (unpaired) electrons. The summed E-state index contributed by atoms with van der Waals surface area (Å²) in [5, 5.41) is 4.90. The molecule has 0 aliphatic heterocycles. The highest BCUT2D eigenvalue weighted by atomic mass is 79.9. The monoisotopic (exact) mass is 538 g/mol. The number of aromatic amines is 2. The van der Waals surface area contributed by atoms with E-state index < -0.39 is 11.2 Å². The van der Waals surface area contributed by atoms with Crippen LogP contribution < -0.4 is 16.0 Å². The molecule has 8 heteroatoms. The van der Waals surface area contributed by atoms with Crippen LogP contribution in [0.1, 0.15) is 63.9 Å². The van der Waals surface area contributed by atoms with Crippen LogP contribution in [0.25, 0.3) is 21.9 Å². The molecular formula is C27H31BrN4O3. The van der Waals surface area contributed by atoms with Crippen LogP contribution >= 0.6 is 15.9 Å². The Hall–Kier alpha value is -3.13. The van der Waals surface area contributed by atoms with Crippen LogP contribution in [0.15, 0.2) is 61.6 Å². The molecule has 4 aromatic rings. The Labute approximate surface area is 212 Å². The summed E-state index contributed by atoms with van der Waals surface area (Å²) < 4.78 is 7.52. The zero-order valence-corrected chi connectivity index (χ0v) is 21.6. The van der Waals surface area contributed by atoms with Gasteiger partial charge < -0.3 is 14.7 Å². The summed E-state index contributed by atoms with van der Waals surface area (Å²) >= 11 is 3.42. The molecule has 2 N–H and O–H groups in total. The van der Waals surface area contributed by atoms with Gasteiger partial charge in [-0.3, -0.25) is 4.79 Å². The Morgan fingerprint density at radius 2 is 1.63 bits per heavy atom. The first kappa shape index (κ1) is 25.0. The number of ether oxygens (including phenoxy) is 1. The van der Waals surface area contributed by atoms with Gasteiger partial charge in [0.1, 0.15) is 11.3 Å². The third kappa shape index (κ3) is 6.31. The fourth-order valence-corrected chi connectivity index (χ4v) is 4.48. The topological polar surface area (TPSA) is 92.2 Å². The molecule has 2 heterocycles. The van der Waals surface area contributed by atoms with Gasteiger partial charge in [0, 0.05) is 15.4 Å². The molecule has 0 saturated carbocycles. The lowest BCUT2D eigenvalue weighted by molar-refractivity contribution is 0.304. The van der Waals surface area contributed by atoms with Crippen molar-refractivity contribution in [3.63, 3.8) is 0 Å². The van der Waals surface area contributed by atoms with Crippen molar-refractivity contribution in [1.29, 1.82) is 0 Å². The summed E-state index contributed by atoms with van der Waals surface area (Å²) in [5.74, 6) is 0.797. The zero-order valence-electron chi connectivity index (χ0n) is 20.0. The van der Waals surface area contributed by atoms with Crippen molar-refractivity contribution in [3.8, 4) is 5.75 Å². The maximum absolute atomic E-state index is 12.9. The molecule has 0 saturated heterocycles. The van der Waals surface area contributed by atoms with Gasteiger partial charge in [-0.1, -0.05) is 67.8 Å². The second-order valence-corrected chi connectivity index (χ2v) is 9.66. The van der Waals surface area contributed by atoms with Crippen LogP contribution in [-0.2, 0) is 0 Å². The van der Waals surface area contributed by atoms with Gasteiger partial charge in [-0.05, 0) is 54.4 Å². The normalized spacial score (nSPS) is 11.7. The Kier molecular flexibility index (Phi) is 8.58. The Bertz CT molecular complexity index is 1420. The third-order valence-electron chi connectivity index (χ3n) is 6.06. The SMILES string of the molecule is CCCCCCCCCCOc1ccc(/C=N/n2c(=O)[nH]c3c([nH]c4ccc(Br)cc43)c2=O)cc1. The summed E-state index contributed by atoms with van der Waals surface area (Å²) in [4.78, 5) is 31.3. The minimum absolute atomic E-state index is 0.305. The van der Waals surface area contributed by atoms with Crippen LogP contribution in [0, 0.1) is 0 Å². The van der Waals surface area contributed by atoms with E-state index in [9.17, 15) is 9.59 Å². The standard InChI is InChI=1S/C27H31BrN4O3/c1-2-3-4-5-6-7-8-9-16-35-21-13-10-19(11-14-21)18-29-32-26(33)25-24(31-27(32)34)22-17-20(28)12-15-23(22)30-25/h10-15,17-18,30H,2-9,16H2,1H3,(H,31,34)/b29-18+. The van der Waals surface area contributed by atoms with Crippen molar-refractivity contribution in [2.75, 3.05) is 6.61 Å². The molecule has 7 nitrogen and oxygen atoms in total. The zero-order chi connectivity index (χ0) is 24.6. The van der Waals surface area contributed by atoms with Crippen molar-refractivity contribution in [3.05, 3.63) is 73.3 Å². The largest absolute Gasteiger partial charge is 0.494 e. The fourth-order valence-electron chi connectivity index (χ4n) is 4.12. The van der Waals surface area contributed by atoms with E-state index in [0.717, 1.165) is 37.8 Å². The number of unbranched alkanes of at least 4 members (excludes halogenated alkanes) is 7. The smallest absolute Gasteiger partial charge is 0.350 e. The Morgan fingerprint density at radius 3 is 2.37 bits per heavy atom. The van der Waals surface area contributed by atoms with E-state index >= 15 is 0 Å². The molecule has 0 aliphatic rings. The number of benzene rings is 2. The number of nitrogens with zero attached hydrogens (tertiary/aromatic N) is 2.